The van der Waals surface area contributed by atoms with E-state index < -0.39 is 17.6 Å². The third kappa shape index (κ3) is 5.66. The monoisotopic (exact) mass is 464 g/mol. The summed E-state index contributed by atoms with van der Waals surface area (Å²) in [5, 5.41) is 5.97. The molecule has 168 valence electrons. The molecule has 3 aromatic rings. The second kappa shape index (κ2) is 9.71. The number of anilines is 1. The van der Waals surface area contributed by atoms with Gasteiger partial charge in [-0.3, -0.25) is 4.79 Å². The summed E-state index contributed by atoms with van der Waals surface area (Å²) in [6, 6.07) is 18.5. The van der Waals surface area contributed by atoms with Crippen LogP contribution in [0.3, 0.4) is 0 Å². The third-order valence-corrected chi connectivity index (χ3v) is 5.35. The molecule has 32 heavy (non-hydrogen) atoms. The smallest absolute Gasteiger partial charge is 0.322 e. The lowest BCUT2D eigenvalue weighted by molar-refractivity contribution is -0.137. The lowest BCUT2D eigenvalue weighted by Gasteiger charge is -2.10. The van der Waals surface area contributed by atoms with Crippen LogP contribution in [0, 0.1) is 5.82 Å². The number of alkyl halides is 3. The molecule has 0 spiro atoms. The van der Waals surface area contributed by atoms with Crippen molar-refractivity contribution in [3.8, 4) is 0 Å². The highest BCUT2D eigenvalue weighted by atomic mass is 35.5. The maximum absolute atomic E-state index is 13.7. The van der Waals surface area contributed by atoms with E-state index in [4.69, 9.17) is 0 Å². The molecular formula is C24H21ClF4N2O. The number of nitrogens with one attached hydrogen (secondary N) is 2. The van der Waals surface area contributed by atoms with Gasteiger partial charge < -0.3 is 10.6 Å². The molecule has 3 nitrogen and oxygen atoms in total. The zero-order chi connectivity index (χ0) is 22.0. The third-order valence-electron chi connectivity index (χ3n) is 5.35. The first-order chi connectivity index (χ1) is 14.8. The van der Waals surface area contributed by atoms with Crippen LogP contribution in [-0.2, 0) is 12.7 Å². The highest BCUT2D eigenvalue weighted by molar-refractivity contribution is 6.04. The number of amides is 1. The van der Waals surface area contributed by atoms with Crippen LogP contribution in [0.4, 0.5) is 23.2 Å². The Bertz CT molecular complexity index is 1090. The van der Waals surface area contributed by atoms with Crippen LogP contribution in [0.2, 0.25) is 0 Å². The van der Waals surface area contributed by atoms with Gasteiger partial charge in [-0.05, 0) is 48.4 Å². The molecule has 1 aliphatic rings. The summed E-state index contributed by atoms with van der Waals surface area (Å²) in [5.41, 5.74) is 1.29. The fourth-order valence-corrected chi connectivity index (χ4v) is 3.53. The SMILES string of the molecule is Cl.O=C(Nc1ccc(C2CC2NCc2ccccc2F)cc1)c1cccc(C(F)(F)F)c1. The van der Waals surface area contributed by atoms with E-state index in [9.17, 15) is 22.4 Å². The minimum atomic E-state index is -4.50. The van der Waals surface area contributed by atoms with Gasteiger partial charge in [0.1, 0.15) is 5.82 Å². The summed E-state index contributed by atoms with van der Waals surface area (Å²) >= 11 is 0. The zero-order valence-electron chi connectivity index (χ0n) is 16.8. The Hall–Kier alpha value is -2.90. The van der Waals surface area contributed by atoms with Crippen molar-refractivity contribution in [3.63, 3.8) is 0 Å². The second-order valence-corrected chi connectivity index (χ2v) is 7.58. The average molecular weight is 465 g/mol. The molecule has 4 rings (SSSR count). The van der Waals surface area contributed by atoms with E-state index in [1.54, 1.807) is 30.3 Å². The first kappa shape index (κ1) is 23.8. The molecule has 1 fully saturated rings. The maximum atomic E-state index is 13.7. The summed E-state index contributed by atoms with van der Waals surface area (Å²) in [6.07, 6.45) is -3.57. The van der Waals surface area contributed by atoms with Crippen molar-refractivity contribution < 1.29 is 22.4 Å². The highest BCUT2D eigenvalue weighted by Crippen LogP contribution is 2.41. The fourth-order valence-electron chi connectivity index (χ4n) is 3.53. The van der Waals surface area contributed by atoms with Crippen LogP contribution >= 0.6 is 12.4 Å². The van der Waals surface area contributed by atoms with Gasteiger partial charge in [-0.1, -0.05) is 36.4 Å². The predicted octanol–water partition coefficient (Wildman–Crippen LogP) is 6.16. The van der Waals surface area contributed by atoms with Gasteiger partial charge >= 0.3 is 6.18 Å². The van der Waals surface area contributed by atoms with Crippen molar-refractivity contribution in [2.75, 3.05) is 5.32 Å². The van der Waals surface area contributed by atoms with Crippen molar-refractivity contribution in [2.24, 2.45) is 0 Å². The van der Waals surface area contributed by atoms with E-state index in [0.29, 0.717) is 23.7 Å². The summed E-state index contributed by atoms with van der Waals surface area (Å²) < 4.78 is 52.2. The molecule has 0 aliphatic heterocycles. The van der Waals surface area contributed by atoms with Crippen molar-refractivity contribution >= 4 is 24.0 Å². The second-order valence-electron chi connectivity index (χ2n) is 7.58. The topological polar surface area (TPSA) is 41.1 Å². The number of carbonyl (C=O) groups excluding carboxylic acids is 1. The van der Waals surface area contributed by atoms with Gasteiger partial charge in [0.05, 0.1) is 5.56 Å². The summed E-state index contributed by atoms with van der Waals surface area (Å²) in [7, 11) is 0. The minimum Gasteiger partial charge on any atom is -0.322 e. The van der Waals surface area contributed by atoms with Gasteiger partial charge in [-0.15, -0.1) is 12.4 Å². The van der Waals surface area contributed by atoms with Crippen LogP contribution in [0.1, 0.15) is 39.4 Å². The molecule has 1 saturated carbocycles. The van der Waals surface area contributed by atoms with Gasteiger partial charge in [0.25, 0.3) is 5.91 Å². The summed E-state index contributed by atoms with van der Waals surface area (Å²) in [5.74, 6) is -0.525. The Labute approximate surface area is 189 Å². The molecule has 1 amide bonds. The van der Waals surface area contributed by atoms with Crippen molar-refractivity contribution in [1.82, 2.24) is 5.32 Å². The molecule has 0 radical (unpaired) electrons. The first-order valence-electron chi connectivity index (χ1n) is 9.86. The average Bonchev–Trinajstić information content (AvgIpc) is 3.53. The van der Waals surface area contributed by atoms with E-state index in [0.717, 1.165) is 24.1 Å². The number of hydrogen-bond acceptors (Lipinski definition) is 2. The molecule has 0 bridgehead atoms. The van der Waals surface area contributed by atoms with Crippen LogP contribution in [0.15, 0.2) is 72.8 Å². The van der Waals surface area contributed by atoms with Crippen LogP contribution < -0.4 is 10.6 Å². The molecule has 0 saturated heterocycles. The Balaban J connectivity index is 0.00000289. The largest absolute Gasteiger partial charge is 0.416 e. The molecule has 0 heterocycles. The van der Waals surface area contributed by atoms with Crippen molar-refractivity contribution in [2.45, 2.75) is 31.1 Å². The van der Waals surface area contributed by atoms with E-state index >= 15 is 0 Å². The van der Waals surface area contributed by atoms with Gasteiger partial charge in [-0.2, -0.15) is 13.2 Å². The van der Waals surface area contributed by atoms with E-state index in [1.165, 1.54) is 18.2 Å². The van der Waals surface area contributed by atoms with Crippen LogP contribution in [0.25, 0.3) is 0 Å². The number of carbonyl (C=O) groups is 1. The Morgan fingerprint density at radius 2 is 1.69 bits per heavy atom. The number of rotatable bonds is 6. The Morgan fingerprint density at radius 1 is 0.969 bits per heavy atom. The quantitative estimate of drug-likeness (QED) is 0.429. The maximum Gasteiger partial charge on any atom is 0.416 e. The molecule has 2 N–H and O–H groups in total. The Kier molecular flexibility index (Phi) is 7.21. The minimum absolute atomic E-state index is 0. The predicted molar refractivity (Wildman–Crippen MR) is 117 cm³/mol. The fraction of sp³-hybridized carbons (Fsp3) is 0.208. The molecule has 0 aromatic heterocycles. The number of hydrogen-bond donors (Lipinski definition) is 2. The molecular weight excluding hydrogens is 444 g/mol. The van der Waals surface area contributed by atoms with Crippen molar-refractivity contribution in [3.05, 3.63) is 101 Å². The first-order valence-corrected chi connectivity index (χ1v) is 9.86. The lowest BCUT2D eigenvalue weighted by Crippen LogP contribution is -2.18. The molecule has 3 aromatic carbocycles. The van der Waals surface area contributed by atoms with Gasteiger partial charge in [-0.25, -0.2) is 4.39 Å². The standard InChI is InChI=1S/C24H20F4N2O.ClH/c25-21-7-2-1-4-17(21)14-29-22-13-20(22)15-8-10-19(11-9-15)30-23(31)16-5-3-6-18(12-16)24(26,27)28;/h1-12,20,22,29H,13-14H2,(H,30,31);1H. The summed E-state index contributed by atoms with van der Waals surface area (Å²) in [4.78, 5) is 12.3. The highest BCUT2D eigenvalue weighted by Gasteiger charge is 2.37. The number of halogens is 5. The van der Waals surface area contributed by atoms with E-state index in [-0.39, 0.29) is 29.8 Å². The zero-order valence-corrected chi connectivity index (χ0v) is 17.6. The molecule has 2 atom stereocenters. The molecule has 8 heteroatoms. The van der Waals surface area contributed by atoms with Gasteiger partial charge in [0.2, 0.25) is 0 Å². The molecule has 2 unspecified atom stereocenters. The Morgan fingerprint density at radius 3 is 2.38 bits per heavy atom. The van der Waals surface area contributed by atoms with Gasteiger partial charge in [0.15, 0.2) is 0 Å². The van der Waals surface area contributed by atoms with E-state index in [1.807, 2.05) is 12.1 Å². The lowest BCUT2D eigenvalue weighted by atomic mass is 10.1. The van der Waals surface area contributed by atoms with Crippen LogP contribution in [0.5, 0.6) is 0 Å². The summed E-state index contributed by atoms with van der Waals surface area (Å²) in [6.45, 7) is 0.457. The van der Waals surface area contributed by atoms with Gasteiger partial charge in [0, 0.05) is 35.3 Å². The van der Waals surface area contributed by atoms with Crippen LogP contribution in [-0.4, -0.2) is 11.9 Å². The van der Waals surface area contributed by atoms with E-state index in [2.05, 4.69) is 10.6 Å². The molecule has 1 aliphatic carbocycles. The van der Waals surface area contributed by atoms with Crippen molar-refractivity contribution in [1.29, 1.82) is 0 Å². The number of benzene rings is 3. The normalized spacial score (nSPS) is 17.4.